The molecule has 0 amide bonds. The third-order valence-electron chi connectivity index (χ3n) is 2.13. The number of carboxylic acid groups (broad SMARTS) is 1. The zero-order chi connectivity index (χ0) is 12.3. The molecule has 0 spiro atoms. The molecule has 2 N–H and O–H groups in total. The molecule has 1 rings (SSSR count). The molecule has 0 bridgehead atoms. The molecule has 1 unspecified atom stereocenters. The fourth-order valence-electron chi connectivity index (χ4n) is 1.30. The monoisotopic (exact) mass is 233 g/mol. The van der Waals surface area contributed by atoms with E-state index in [1.807, 2.05) is 5.32 Å². The Bertz CT molecular complexity index is 378. The maximum Gasteiger partial charge on any atom is 0.327 e. The zero-order valence-electron chi connectivity index (χ0n) is 8.38. The Morgan fingerprint density at radius 3 is 2.25 bits per heavy atom. The van der Waals surface area contributed by atoms with Crippen molar-refractivity contribution in [3.63, 3.8) is 0 Å². The highest BCUT2D eigenvalue weighted by molar-refractivity contribution is 5.75. The predicted octanol–water partition coefficient (Wildman–Crippen LogP) is 1.59. The van der Waals surface area contributed by atoms with Gasteiger partial charge in [-0.25, -0.2) is 4.39 Å². The van der Waals surface area contributed by atoms with Gasteiger partial charge in [-0.1, -0.05) is 12.1 Å². The van der Waals surface area contributed by atoms with E-state index in [0.717, 1.165) is 31.3 Å². The van der Waals surface area contributed by atoms with Crippen molar-refractivity contribution >= 4 is 5.97 Å². The van der Waals surface area contributed by atoms with Gasteiger partial charge in [0, 0.05) is 5.56 Å². The van der Waals surface area contributed by atoms with Crippen LogP contribution in [0.15, 0.2) is 24.3 Å². The molecule has 0 aromatic heterocycles. The summed E-state index contributed by atoms with van der Waals surface area (Å²) in [6, 6.07) is 1.40. The number of aliphatic carboxylic acids is 1. The molecule has 0 radical (unpaired) electrons. The van der Waals surface area contributed by atoms with Crippen molar-refractivity contribution in [1.29, 1.82) is 0 Å². The molecule has 1 aromatic carbocycles. The van der Waals surface area contributed by atoms with Crippen LogP contribution in [0.1, 0.15) is 5.56 Å². The van der Waals surface area contributed by atoms with Crippen molar-refractivity contribution < 1.29 is 23.1 Å². The van der Waals surface area contributed by atoms with Crippen molar-refractivity contribution in [1.82, 2.24) is 5.32 Å². The first-order chi connectivity index (χ1) is 7.39. The van der Waals surface area contributed by atoms with E-state index in [0.29, 0.717) is 0 Å². The molecule has 0 aliphatic heterocycles. The quantitative estimate of drug-likeness (QED) is 0.830. The van der Waals surface area contributed by atoms with Gasteiger partial charge in [0.1, 0.15) is 5.82 Å². The summed E-state index contributed by atoms with van der Waals surface area (Å²) in [4.78, 5) is 10.6. The normalized spacial score (nSPS) is 13.5. The van der Waals surface area contributed by atoms with Gasteiger partial charge < -0.3 is 10.4 Å². The summed E-state index contributed by atoms with van der Waals surface area (Å²) >= 11 is 0. The maximum absolute atomic E-state index is 13.6. The molecule has 0 aliphatic rings. The highest BCUT2D eigenvalue weighted by Gasteiger charge is 2.45. The molecule has 0 saturated carbocycles. The summed E-state index contributed by atoms with van der Waals surface area (Å²) in [6.07, 6.45) is 0. The average Bonchev–Trinajstić information content (AvgIpc) is 2.18. The summed E-state index contributed by atoms with van der Waals surface area (Å²) in [5.41, 5.74) is -0.546. The van der Waals surface area contributed by atoms with Crippen LogP contribution >= 0.6 is 0 Å². The smallest absolute Gasteiger partial charge is 0.327 e. The first-order valence-corrected chi connectivity index (χ1v) is 4.43. The molecule has 88 valence electrons. The van der Waals surface area contributed by atoms with Crippen LogP contribution in [-0.4, -0.2) is 24.2 Å². The Labute approximate surface area is 89.9 Å². The first kappa shape index (κ1) is 12.5. The number of likely N-dealkylation sites (N-methyl/N-ethyl adjacent to an activating group) is 1. The minimum atomic E-state index is -3.60. The van der Waals surface area contributed by atoms with Gasteiger partial charge in [0.15, 0.2) is 6.04 Å². The van der Waals surface area contributed by atoms with Crippen molar-refractivity contribution in [2.45, 2.75) is 12.0 Å². The summed E-state index contributed by atoms with van der Waals surface area (Å²) in [5.74, 6) is -5.93. The van der Waals surface area contributed by atoms with Crippen LogP contribution in [-0.2, 0) is 10.7 Å². The highest BCUT2D eigenvalue weighted by Crippen LogP contribution is 2.31. The van der Waals surface area contributed by atoms with Gasteiger partial charge in [-0.05, 0) is 19.2 Å². The van der Waals surface area contributed by atoms with Gasteiger partial charge in [-0.3, -0.25) is 4.79 Å². The number of carboxylic acids is 1. The molecule has 0 aliphatic carbocycles. The summed E-state index contributed by atoms with van der Waals surface area (Å²) in [5, 5.41) is 10.6. The van der Waals surface area contributed by atoms with Crippen LogP contribution in [0.25, 0.3) is 0 Å². The Balaban J connectivity index is 3.08. The lowest BCUT2D eigenvalue weighted by Gasteiger charge is -2.23. The van der Waals surface area contributed by atoms with Crippen LogP contribution in [0.2, 0.25) is 0 Å². The zero-order valence-corrected chi connectivity index (χ0v) is 8.38. The van der Waals surface area contributed by atoms with Crippen molar-refractivity contribution in [2.75, 3.05) is 7.05 Å². The fourth-order valence-corrected chi connectivity index (χ4v) is 1.30. The Hall–Kier alpha value is -1.56. The maximum atomic E-state index is 13.6. The third-order valence-corrected chi connectivity index (χ3v) is 2.13. The number of halogens is 3. The molecule has 1 aromatic rings. The molecule has 16 heavy (non-hydrogen) atoms. The van der Waals surface area contributed by atoms with Crippen LogP contribution < -0.4 is 5.32 Å². The van der Waals surface area contributed by atoms with E-state index in [1.165, 1.54) is 0 Å². The Morgan fingerprint density at radius 2 is 1.88 bits per heavy atom. The van der Waals surface area contributed by atoms with Gasteiger partial charge >= 0.3 is 5.97 Å². The van der Waals surface area contributed by atoms with E-state index in [2.05, 4.69) is 0 Å². The van der Waals surface area contributed by atoms with Crippen LogP contribution in [0, 0.1) is 5.82 Å². The van der Waals surface area contributed by atoms with Gasteiger partial charge in [-0.2, -0.15) is 8.78 Å². The Morgan fingerprint density at radius 1 is 1.38 bits per heavy atom. The number of hydrogen-bond donors (Lipinski definition) is 2. The predicted molar refractivity (Wildman–Crippen MR) is 50.8 cm³/mol. The van der Waals surface area contributed by atoms with Crippen molar-refractivity contribution in [3.8, 4) is 0 Å². The van der Waals surface area contributed by atoms with E-state index in [9.17, 15) is 18.0 Å². The van der Waals surface area contributed by atoms with E-state index in [1.54, 1.807) is 0 Å². The highest BCUT2D eigenvalue weighted by atomic mass is 19.3. The van der Waals surface area contributed by atoms with E-state index in [4.69, 9.17) is 5.11 Å². The van der Waals surface area contributed by atoms with E-state index >= 15 is 0 Å². The lowest BCUT2D eigenvalue weighted by molar-refractivity contribution is -0.151. The summed E-state index contributed by atoms with van der Waals surface area (Å²) < 4.78 is 39.8. The van der Waals surface area contributed by atoms with Gasteiger partial charge in [0.2, 0.25) is 0 Å². The second-order valence-electron chi connectivity index (χ2n) is 3.19. The molecule has 0 heterocycles. The largest absolute Gasteiger partial charge is 0.480 e. The minimum Gasteiger partial charge on any atom is -0.480 e. The molecule has 1 atom stereocenters. The van der Waals surface area contributed by atoms with E-state index < -0.39 is 29.3 Å². The molecular formula is C10H10F3NO2. The Kier molecular flexibility index (Phi) is 3.54. The number of benzene rings is 1. The number of carbonyl (C=O) groups is 1. The second kappa shape index (κ2) is 4.52. The lowest BCUT2D eigenvalue weighted by atomic mass is 10.0. The van der Waals surface area contributed by atoms with Crippen molar-refractivity contribution in [3.05, 3.63) is 35.6 Å². The van der Waals surface area contributed by atoms with Crippen LogP contribution in [0.5, 0.6) is 0 Å². The average molecular weight is 233 g/mol. The topological polar surface area (TPSA) is 49.3 Å². The van der Waals surface area contributed by atoms with Crippen molar-refractivity contribution in [2.24, 2.45) is 0 Å². The number of rotatable bonds is 4. The van der Waals surface area contributed by atoms with Gasteiger partial charge in [0.05, 0.1) is 0 Å². The van der Waals surface area contributed by atoms with E-state index in [-0.39, 0.29) is 0 Å². The summed E-state index contributed by atoms with van der Waals surface area (Å²) in [7, 11) is 1.12. The SMILES string of the molecule is CNC(C(=O)O)C(F)(F)c1ccc(F)cc1. The van der Waals surface area contributed by atoms with Gasteiger partial charge in [-0.15, -0.1) is 0 Å². The van der Waals surface area contributed by atoms with Crippen LogP contribution in [0.4, 0.5) is 13.2 Å². The van der Waals surface area contributed by atoms with Crippen LogP contribution in [0.3, 0.4) is 0 Å². The third kappa shape index (κ3) is 2.33. The number of nitrogens with one attached hydrogen (secondary N) is 1. The molecule has 3 nitrogen and oxygen atoms in total. The summed E-state index contributed by atoms with van der Waals surface area (Å²) in [6.45, 7) is 0. The minimum absolute atomic E-state index is 0.546. The number of alkyl halides is 2. The first-order valence-electron chi connectivity index (χ1n) is 4.43. The lowest BCUT2D eigenvalue weighted by Crippen LogP contribution is -2.47. The standard InChI is InChI=1S/C10H10F3NO2/c1-14-8(9(15)16)10(12,13)6-2-4-7(11)5-3-6/h2-5,8,14H,1H3,(H,15,16). The van der Waals surface area contributed by atoms with Gasteiger partial charge in [0.25, 0.3) is 5.92 Å². The second-order valence-corrected chi connectivity index (χ2v) is 3.19. The molecule has 0 saturated heterocycles. The molecule has 6 heteroatoms. The molecular weight excluding hydrogens is 223 g/mol. The molecule has 0 fully saturated rings. The number of hydrogen-bond acceptors (Lipinski definition) is 2. The fraction of sp³-hybridized carbons (Fsp3) is 0.300.